The van der Waals surface area contributed by atoms with Crippen molar-refractivity contribution >= 4 is 61.4 Å². The molecule has 4 aliphatic rings. The van der Waals surface area contributed by atoms with Crippen LogP contribution in [0.2, 0.25) is 5.02 Å². The number of pyridine rings is 1. The molecule has 0 atom stereocenters. The number of ether oxygens (including phenoxy) is 3. The van der Waals surface area contributed by atoms with Crippen molar-refractivity contribution in [2.24, 2.45) is 11.8 Å². The van der Waals surface area contributed by atoms with Crippen LogP contribution in [0.25, 0.3) is 16.6 Å². The van der Waals surface area contributed by atoms with Crippen LogP contribution in [0.3, 0.4) is 0 Å². The summed E-state index contributed by atoms with van der Waals surface area (Å²) in [5, 5.41) is 13.8. The molecule has 1 aliphatic carbocycles. The fourth-order valence-corrected chi connectivity index (χ4v) is 12.0. The minimum absolute atomic E-state index is 0.0236. The first-order valence-electron chi connectivity index (χ1n) is 25.7. The van der Waals surface area contributed by atoms with Crippen molar-refractivity contribution in [2.75, 3.05) is 64.0 Å². The molecule has 3 saturated heterocycles. The van der Waals surface area contributed by atoms with E-state index in [9.17, 15) is 28.1 Å². The van der Waals surface area contributed by atoms with Gasteiger partial charge in [-0.15, -0.1) is 0 Å². The summed E-state index contributed by atoms with van der Waals surface area (Å²) in [4.78, 5) is 51.9. The van der Waals surface area contributed by atoms with Crippen LogP contribution in [0.4, 0.5) is 15.8 Å². The van der Waals surface area contributed by atoms with E-state index in [1.807, 2.05) is 18.2 Å². The van der Waals surface area contributed by atoms with Crippen molar-refractivity contribution in [1.82, 2.24) is 24.5 Å². The number of aromatic nitrogens is 2. The molecular weight excluding hydrogens is 989 g/mol. The van der Waals surface area contributed by atoms with Crippen molar-refractivity contribution in [3.05, 3.63) is 117 Å². The molecule has 9 rings (SSSR count). The highest BCUT2D eigenvalue weighted by Gasteiger charge is 2.44. The Morgan fingerprint density at radius 2 is 1.69 bits per heavy atom. The third-order valence-electron chi connectivity index (χ3n) is 15.3. The molecule has 394 valence electrons. The Balaban J connectivity index is 0.883. The van der Waals surface area contributed by atoms with Gasteiger partial charge in [-0.1, -0.05) is 43.2 Å². The Morgan fingerprint density at radius 3 is 2.36 bits per heavy atom. The number of benzene rings is 3. The highest BCUT2D eigenvalue weighted by Crippen LogP contribution is 2.45. The van der Waals surface area contributed by atoms with Gasteiger partial charge in [-0.3, -0.25) is 24.6 Å². The number of nitrogens with zero attached hydrogens (tertiary/aromatic N) is 5. The average molecular weight is 1050 g/mol. The number of carbonyl (C=O) groups is 2. The predicted molar refractivity (Wildman–Crippen MR) is 282 cm³/mol. The molecule has 5 aromatic rings. The number of alkyl halides is 1. The number of nitrogens with one attached hydrogen (secondary N) is 2. The Labute approximate surface area is 436 Å². The van der Waals surface area contributed by atoms with E-state index >= 15 is 4.39 Å². The van der Waals surface area contributed by atoms with Gasteiger partial charge in [0.2, 0.25) is 5.91 Å². The van der Waals surface area contributed by atoms with Gasteiger partial charge < -0.3 is 29.0 Å². The lowest BCUT2D eigenvalue weighted by Crippen LogP contribution is -2.60. The van der Waals surface area contributed by atoms with Crippen LogP contribution in [0, 0.1) is 22.0 Å². The fraction of sp³-hybridized carbons (Fsp3) is 0.473. The summed E-state index contributed by atoms with van der Waals surface area (Å²) < 4.78 is 63.3. The van der Waals surface area contributed by atoms with Crippen LogP contribution in [0.5, 0.6) is 17.2 Å². The molecule has 3 aliphatic heterocycles. The summed E-state index contributed by atoms with van der Waals surface area (Å²) >= 11 is 6.27. The van der Waals surface area contributed by atoms with Crippen molar-refractivity contribution in [1.29, 1.82) is 0 Å². The number of likely N-dealkylation sites (tertiary alicyclic amines) is 1. The lowest BCUT2D eigenvalue weighted by Gasteiger charge is -2.54. The maximum Gasteiger partial charge on any atom is 0.312 e. The Morgan fingerprint density at radius 1 is 0.959 bits per heavy atom. The molecule has 16 nitrogen and oxygen atoms in total. The third kappa shape index (κ3) is 12.2. The average Bonchev–Trinajstić information content (AvgIpc) is 3.85. The number of anilines is 1. The van der Waals surface area contributed by atoms with E-state index in [0.29, 0.717) is 50.0 Å². The minimum Gasteiger partial charge on any atom is -0.483 e. The summed E-state index contributed by atoms with van der Waals surface area (Å²) in [6, 6.07) is 19.7. The summed E-state index contributed by atoms with van der Waals surface area (Å²) in [6.45, 7) is 10.9. The molecule has 3 aromatic carbocycles. The summed E-state index contributed by atoms with van der Waals surface area (Å²) in [7, 11) is -4.72. The molecule has 4 fully saturated rings. The molecule has 0 bridgehead atoms. The van der Waals surface area contributed by atoms with Crippen LogP contribution >= 0.6 is 11.6 Å². The van der Waals surface area contributed by atoms with E-state index in [2.05, 4.69) is 57.4 Å². The van der Waals surface area contributed by atoms with Gasteiger partial charge in [0.15, 0.2) is 5.75 Å². The van der Waals surface area contributed by atoms with Crippen LogP contribution in [0.15, 0.2) is 95.7 Å². The van der Waals surface area contributed by atoms with Gasteiger partial charge in [0.25, 0.3) is 15.9 Å². The van der Waals surface area contributed by atoms with E-state index in [-0.39, 0.29) is 60.4 Å². The second kappa shape index (κ2) is 22.4. The number of H-pyrrole nitrogens is 1. The zero-order valence-corrected chi connectivity index (χ0v) is 43.8. The number of amides is 2. The molecule has 2 N–H and O–H groups in total. The van der Waals surface area contributed by atoms with Crippen LogP contribution < -0.4 is 19.1 Å². The molecule has 1 saturated carbocycles. The van der Waals surface area contributed by atoms with Gasteiger partial charge in [0.05, 0.1) is 21.6 Å². The number of sulfonamides is 1. The van der Waals surface area contributed by atoms with Gasteiger partial charge in [-0.2, -0.15) is 0 Å². The summed E-state index contributed by atoms with van der Waals surface area (Å²) in [5.41, 5.74) is 2.78. The molecule has 19 heteroatoms. The molecule has 74 heavy (non-hydrogen) atoms. The number of aromatic amines is 1. The Hall–Kier alpha value is -6.08. The number of piperazine rings is 1. The quantitative estimate of drug-likeness (QED) is 0.0625. The van der Waals surface area contributed by atoms with Crippen LogP contribution in [0.1, 0.15) is 101 Å². The number of halogens is 2. The second-order valence-electron chi connectivity index (χ2n) is 20.9. The molecule has 0 spiro atoms. The van der Waals surface area contributed by atoms with Crippen molar-refractivity contribution in [3.63, 3.8) is 0 Å². The number of hydrogen-bond donors (Lipinski definition) is 2. The fourth-order valence-electron chi connectivity index (χ4n) is 10.9. The number of rotatable bonds is 18. The highest BCUT2D eigenvalue weighted by molar-refractivity contribution is 7.90. The number of hydrogen-bond acceptors (Lipinski definition) is 12. The number of nitro benzene ring substituents is 1. The molecular formula is C55H65ClFN7O9S. The Bertz CT molecular complexity index is 3000. The van der Waals surface area contributed by atoms with E-state index < -0.39 is 43.7 Å². The van der Waals surface area contributed by atoms with Gasteiger partial charge in [0, 0.05) is 112 Å². The SMILES string of the molecule is C/C(CC1(N2CCN(c3ccc(C(=O)NS(=O)(=O)c4ccc(OCC5(F)CCN(C(=O)CC6CCOCC6)CC5)c([N+](=O)[O-])c4)c(Oc4cnc5[nH]ccc5c4)c3)CC2)CCC1)=C(\CC(C)C)c1ccc(Cl)cc1. The first-order chi connectivity index (χ1) is 35.5. The van der Waals surface area contributed by atoms with E-state index in [0.717, 1.165) is 85.9 Å². The third-order valence-corrected chi connectivity index (χ3v) is 16.9. The second-order valence-corrected chi connectivity index (χ2v) is 23.0. The number of allylic oxidation sites excluding steroid dienone is 1. The van der Waals surface area contributed by atoms with E-state index in [1.165, 1.54) is 35.4 Å². The topological polar surface area (TPSA) is 190 Å². The summed E-state index contributed by atoms with van der Waals surface area (Å²) in [6.07, 6.45) is 10.6. The lowest BCUT2D eigenvalue weighted by molar-refractivity contribution is -0.386. The van der Waals surface area contributed by atoms with E-state index in [1.54, 1.807) is 29.3 Å². The van der Waals surface area contributed by atoms with Gasteiger partial charge in [-0.05, 0) is 123 Å². The van der Waals surface area contributed by atoms with Crippen molar-refractivity contribution in [3.8, 4) is 17.2 Å². The Kier molecular flexibility index (Phi) is 16.0. The maximum absolute atomic E-state index is 16.0. The maximum atomic E-state index is 16.0. The number of nitro groups is 1. The zero-order chi connectivity index (χ0) is 52.2. The highest BCUT2D eigenvalue weighted by atomic mass is 35.5. The van der Waals surface area contributed by atoms with Gasteiger partial charge in [-0.25, -0.2) is 22.5 Å². The molecule has 2 amide bonds. The monoisotopic (exact) mass is 1050 g/mol. The zero-order valence-electron chi connectivity index (χ0n) is 42.2. The lowest BCUT2D eigenvalue weighted by atomic mass is 9.70. The molecule has 5 heterocycles. The number of piperidine rings is 1. The summed E-state index contributed by atoms with van der Waals surface area (Å²) in [5.74, 6) is -0.276. The molecule has 2 aromatic heterocycles. The minimum atomic E-state index is -4.72. The predicted octanol–water partition coefficient (Wildman–Crippen LogP) is 10.5. The van der Waals surface area contributed by atoms with Gasteiger partial charge >= 0.3 is 5.69 Å². The first kappa shape index (κ1) is 52.8. The standard InChI is InChI=1S/C55H65ClFN7O9S/c1-37(2)29-47(40-5-7-42(56)8-6-40)38(3)34-55(16-4-17-55)63-25-23-61(24-26-63)43-9-11-46(50(32-43)73-44-31-41-13-20-58-52(41)59-35-44)53(66)60-74(69,70)45-10-12-49(48(33-45)64(67)68)72-36-54(57)18-21-62(22-19-54)51(65)30-39-14-27-71-28-15-39/h5-13,20,31-33,35,37,39H,4,14-19,21-30,34,36H2,1-3H3,(H,58,59)(H,60,66)/b47-38-. The molecule has 0 radical (unpaired) electrons. The smallest absolute Gasteiger partial charge is 0.312 e. The normalized spacial score (nSPS) is 18.7. The van der Waals surface area contributed by atoms with Crippen molar-refractivity contribution < 1.29 is 41.5 Å². The first-order valence-corrected chi connectivity index (χ1v) is 27.5. The number of fused-ring (bicyclic) bond motifs is 1. The van der Waals surface area contributed by atoms with Crippen LogP contribution in [-0.2, 0) is 19.6 Å². The van der Waals surface area contributed by atoms with Gasteiger partial charge in [0.1, 0.15) is 29.4 Å². The van der Waals surface area contributed by atoms with Crippen LogP contribution in [-0.4, -0.2) is 115 Å². The largest absolute Gasteiger partial charge is 0.483 e. The number of carbonyl (C=O) groups excluding carboxylic acids is 2. The molecule has 0 unspecified atom stereocenters. The van der Waals surface area contributed by atoms with Crippen molar-refractivity contribution in [2.45, 2.75) is 101 Å². The van der Waals surface area contributed by atoms with E-state index in [4.69, 9.17) is 25.8 Å².